The van der Waals surface area contributed by atoms with Crippen molar-refractivity contribution in [3.05, 3.63) is 71.2 Å². The van der Waals surface area contributed by atoms with Crippen molar-refractivity contribution in [1.29, 1.82) is 0 Å². The lowest BCUT2D eigenvalue weighted by atomic mass is 9.90. The van der Waals surface area contributed by atoms with E-state index < -0.39 is 5.97 Å². The predicted molar refractivity (Wildman–Crippen MR) is 113 cm³/mol. The van der Waals surface area contributed by atoms with Gasteiger partial charge in [-0.15, -0.1) is 0 Å². The molecule has 156 valence electrons. The van der Waals surface area contributed by atoms with Gasteiger partial charge in [-0.2, -0.15) is 0 Å². The lowest BCUT2D eigenvalue weighted by Gasteiger charge is -2.26. The minimum Gasteiger partial charge on any atom is -0.480 e. The maximum Gasteiger partial charge on any atom is 0.323 e. The Bertz CT molecular complexity index is 1090. The molecule has 1 aliphatic carbocycles. The van der Waals surface area contributed by atoms with Gasteiger partial charge in [0.2, 0.25) is 5.91 Å². The molecule has 3 aromatic rings. The predicted octanol–water partition coefficient (Wildman–Crippen LogP) is 3.72. The molecule has 1 aromatic heterocycles. The number of nitrogens with one attached hydrogen (secondary N) is 1. The Morgan fingerprint density at radius 2 is 2.00 bits per heavy atom. The number of rotatable bonds is 6. The number of fused-ring (bicyclic) bond motifs is 3. The van der Waals surface area contributed by atoms with E-state index in [1.54, 1.807) is 10.6 Å². The van der Waals surface area contributed by atoms with Crippen LogP contribution in [0.5, 0.6) is 0 Å². The first-order valence-electron chi connectivity index (χ1n) is 10.3. The van der Waals surface area contributed by atoms with E-state index >= 15 is 0 Å². The molecule has 0 saturated heterocycles. The summed E-state index contributed by atoms with van der Waals surface area (Å²) in [4.78, 5) is 24.1. The zero-order valence-corrected chi connectivity index (χ0v) is 16.9. The molecule has 0 radical (unpaired) electrons. The van der Waals surface area contributed by atoms with E-state index in [-0.39, 0.29) is 30.2 Å². The van der Waals surface area contributed by atoms with Gasteiger partial charge in [-0.05, 0) is 55.0 Å². The molecule has 0 spiro atoms. The van der Waals surface area contributed by atoms with Crippen LogP contribution in [0, 0.1) is 11.7 Å². The molecular formula is C24H25FN2O3. The third-order valence-corrected chi connectivity index (χ3v) is 5.90. The molecule has 6 heteroatoms. The van der Waals surface area contributed by atoms with Crippen molar-refractivity contribution < 1.29 is 19.1 Å². The molecule has 2 atom stereocenters. The van der Waals surface area contributed by atoms with Crippen molar-refractivity contribution in [2.24, 2.45) is 5.92 Å². The second-order valence-electron chi connectivity index (χ2n) is 8.11. The molecule has 1 amide bonds. The van der Waals surface area contributed by atoms with E-state index in [9.17, 15) is 19.1 Å². The van der Waals surface area contributed by atoms with Crippen molar-refractivity contribution in [2.45, 2.75) is 45.2 Å². The SMILES string of the molecule is C[C@H](Cc1ccccc1)C(=O)N[C@H]1CCc2c(c3cc(F)ccc3n2CC(=O)O)C1. The third-order valence-electron chi connectivity index (χ3n) is 5.90. The smallest absolute Gasteiger partial charge is 0.323 e. The van der Waals surface area contributed by atoms with Gasteiger partial charge in [0.1, 0.15) is 12.4 Å². The number of hydrogen-bond acceptors (Lipinski definition) is 2. The number of carboxylic acids is 1. The molecule has 0 aliphatic heterocycles. The van der Waals surface area contributed by atoms with E-state index in [1.165, 1.54) is 12.1 Å². The highest BCUT2D eigenvalue weighted by Gasteiger charge is 2.28. The maximum absolute atomic E-state index is 13.9. The number of carboxylic acid groups (broad SMARTS) is 1. The highest BCUT2D eigenvalue weighted by molar-refractivity contribution is 5.87. The molecule has 0 saturated carbocycles. The number of aliphatic carboxylic acids is 1. The Hall–Kier alpha value is -3.15. The fourth-order valence-corrected chi connectivity index (χ4v) is 4.46. The summed E-state index contributed by atoms with van der Waals surface area (Å²) in [7, 11) is 0. The van der Waals surface area contributed by atoms with Crippen LogP contribution in [0.4, 0.5) is 4.39 Å². The quantitative estimate of drug-likeness (QED) is 0.653. The van der Waals surface area contributed by atoms with Gasteiger partial charge in [0.25, 0.3) is 0 Å². The van der Waals surface area contributed by atoms with Crippen LogP contribution < -0.4 is 5.32 Å². The fourth-order valence-electron chi connectivity index (χ4n) is 4.46. The summed E-state index contributed by atoms with van der Waals surface area (Å²) in [6.45, 7) is 1.77. The topological polar surface area (TPSA) is 71.3 Å². The van der Waals surface area contributed by atoms with E-state index in [0.29, 0.717) is 19.3 Å². The summed E-state index contributed by atoms with van der Waals surface area (Å²) in [5.41, 5.74) is 3.73. The third kappa shape index (κ3) is 4.08. The number of carbonyl (C=O) groups excluding carboxylic acids is 1. The van der Waals surface area contributed by atoms with E-state index in [0.717, 1.165) is 34.1 Å². The van der Waals surface area contributed by atoms with Crippen LogP contribution in [0.1, 0.15) is 30.2 Å². The molecular weight excluding hydrogens is 383 g/mol. The van der Waals surface area contributed by atoms with E-state index in [4.69, 9.17) is 0 Å². The fraction of sp³-hybridized carbons (Fsp3) is 0.333. The summed E-state index contributed by atoms with van der Waals surface area (Å²) < 4.78 is 15.7. The van der Waals surface area contributed by atoms with Crippen molar-refractivity contribution in [3.8, 4) is 0 Å². The number of nitrogens with zero attached hydrogens (tertiary/aromatic N) is 1. The van der Waals surface area contributed by atoms with E-state index in [2.05, 4.69) is 5.32 Å². The zero-order valence-electron chi connectivity index (χ0n) is 16.9. The summed E-state index contributed by atoms with van der Waals surface area (Å²) in [6, 6.07) is 14.3. The van der Waals surface area contributed by atoms with Gasteiger partial charge in [0, 0.05) is 28.6 Å². The molecule has 30 heavy (non-hydrogen) atoms. The van der Waals surface area contributed by atoms with Gasteiger partial charge in [-0.25, -0.2) is 4.39 Å². The zero-order chi connectivity index (χ0) is 21.3. The van der Waals surface area contributed by atoms with Crippen molar-refractivity contribution in [3.63, 3.8) is 0 Å². The maximum atomic E-state index is 13.9. The molecule has 0 bridgehead atoms. The van der Waals surface area contributed by atoms with Gasteiger partial charge >= 0.3 is 5.97 Å². The van der Waals surface area contributed by atoms with Gasteiger partial charge in [0.05, 0.1) is 0 Å². The molecule has 0 fully saturated rings. The number of carbonyl (C=O) groups is 2. The first kappa shape index (κ1) is 20.1. The first-order valence-corrected chi connectivity index (χ1v) is 10.3. The molecule has 1 heterocycles. The second kappa shape index (κ2) is 8.30. The van der Waals surface area contributed by atoms with Crippen LogP contribution in [0.2, 0.25) is 0 Å². The van der Waals surface area contributed by atoms with Gasteiger partial charge in [0.15, 0.2) is 0 Å². The minimum absolute atomic E-state index is 0.00718. The average molecular weight is 408 g/mol. The van der Waals surface area contributed by atoms with Crippen molar-refractivity contribution >= 4 is 22.8 Å². The molecule has 2 N–H and O–H groups in total. The normalized spacial score (nSPS) is 16.8. The number of halogens is 1. The highest BCUT2D eigenvalue weighted by atomic mass is 19.1. The second-order valence-corrected chi connectivity index (χ2v) is 8.11. The molecule has 2 aromatic carbocycles. The lowest BCUT2D eigenvalue weighted by Crippen LogP contribution is -2.42. The van der Waals surface area contributed by atoms with Crippen LogP contribution in [-0.2, 0) is 35.4 Å². The van der Waals surface area contributed by atoms with Crippen LogP contribution in [-0.4, -0.2) is 27.6 Å². The van der Waals surface area contributed by atoms with Crippen LogP contribution in [0.15, 0.2) is 48.5 Å². The number of hydrogen-bond donors (Lipinski definition) is 2. The number of amides is 1. The first-order chi connectivity index (χ1) is 14.4. The van der Waals surface area contributed by atoms with Crippen molar-refractivity contribution in [2.75, 3.05) is 0 Å². The monoisotopic (exact) mass is 408 g/mol. The summed E-state index contributed by atoms with van der Waals surface area (Å²) in [5.74, 6) is -1.42. The van der Waals surface area contributed by atoms with Crippen LogP contribution in [0.3, 0.4) is 0 Å². The van der Waals surface area contributed by atoms with Gasteiger partial charge < -0.3 is 15.0 Å². The van der Waals surface area contributed by atoms with Crippen molar-refractivity contribution in [1.82, 2.24) is 9.88 Å². The average Bonchev–Trinajstić information content (AvgIpc) is 3.00. The molecule has 4 rings (SSSR count). The molecule has 0 unspecified atom stereocenters. The lowest BCUT2D eigenvalue weighted by molar-refractivity contribution is -0.137. The molecule has 1 aliphatic rings. The summed E-state index contributed by atoms with van der Waals surface area (Å²) in [5, 5.41) is 13.2. The largest absolute Gasteiger partial charge is 0.480 e. The number of benzene rings is 2. The Kier molecular flexibility index (Phi) is 5.57. The van der Waals surface area contributed by atoms with Gasteiger partial charge in [-0.3, -0.25) is 9.59 Å². The summed E-state index contributed by atoms with van der Waals surface area (Å²) in [6.07, 6.45) is 2.63. The Morgan fingerprint density at radius 1 is 1.23 bits per heavy atom. The van der Waals surface area contributed by atoms with Gasteiger partial charge in [-0.1, -0.05) is 37.3 Å². The number of aromatic nitrogens is 1. The molecule has 5 nitrogen and oxygen atoms in total. The minimum atomic E-state index is -0.927. The standard InChI is InChI=1S/C24H25FN2O3/c1-15(11-16-5-3-2-4-6-16)24(30)26-18-8-10-22-20(13-18)19-12-17(25)7-9-21(19)27(22)14-23(28)29/h2-7,9,12,15,18H,8,10-11,13-14H2,1H3,(H,26,30)(H,28,29)/t15-,18+/m1/s1. The van der Waals surface area contributed by atoms with Crippen LogP contribution in [0.25, 0.3) is 10.9 Å². The highest BCUT2D eigenvalue weighted by Crippen LogP contribution is 2.33. The van der Waals surface area contributed by atoms with Crippen LogP contribution >= 0.6 is 0 Å². The Labute approximate surface area is 174 Å². The summed E-state index contributed by atoms with van der Waals surface area (Å²) >= 11 is 0. The Balaban J connectivity index is 1.53. The van der Waals surface area contributed by atoms with E-state index in [1.807, 2.05) is 37.3 Å². The Morgan fingerprint density at radius 3 is 2.73 bits per heavy atom.